The third-order valence-corrected chi connectivity index (χ3v) is 5.30. The van der Waals surface area contributed by atoms with E-state index >= 15 is 0 Å². The van der Waals surface area contributed by atoms with Crippen LogP contribution >= 0.6 is 11.3 Å². The number of pyridine rings is 1. The second kappa shape index (κ2) is 6.05. The van der Waals surface area contributed by atoms with Crippen LogP contribution in [0.3, 0.4) is 0 Å². The zero-order valence-electron chi connectivity index (χ0n) is 12.9. The van der Waals surface area contributed by atoms with E-state index in [0.29, 0.717) is 5.39 Å². The highest BCUT2D eigenvalue weighted by atomic mass is 32.1. The lowest BCUT2D eigenvalue weighted by Crippen LogP contribution is -2.28. The Morgan fingerprint density at radius 3 is 2.83 bits per heavy atom. The van der Waals surface area contributed by atoms with Crippen LogP contribution in [0.5, 0.6) is 0 Å². The average molecular weight is 337 g/mol. The molecule has 6 heteroatoms. The van der Waals surface area contributed by atoms with Crippen molar-refractivity contribution in [2.24, 2.45) is 0 Å². The Morgan fingerprint density at radius 1 is 1.21 bits per heavy atom. The summed E-state index contributed by atoms with van der Waals surface area (Å²) in [7, 11) is 0. The van der Waals surface area contributed by atoms with E-state index in [2.05, 4.69) is 33.5 Å². The van der Waals surface area contributed by atoms with Gasteiger partial charge in [0.1, 0.15) is 0 Å². The average Bonchev–Trinajstić information content (AvgIpc) is 3.15. The van der Waals surface area contributed by atoms with Crippen molar-refractivity contribution >= 4 is 39.1 Å². The molecule has 1 aliphatic heterocycles. The van der Waals surface area contributed by atoms with E-state index < -0.39 is 0 Å². The summed E-state index contributed by atoms with van der Waals surface area (Å²) in [5.41, 5.74) is 2.52. The molecule has 24 heavy (non-hydrogen) atoms. The molecule has 120 valence electrons. The number of rotatable bonds is 3. The first-order chi connectivity index (χ1) is 11.7. The molecular formula is C18H15N3O2S. The number of non-ortho nitro benzene ring substituents is 1. The van der Waals surface area contributed by atoms with Crippen molar-refractivity contribution in [1.29, 1.82) is 0 Å². The largest absolute Gasteiger partial charge is 0.367 e. The highest BCUT2D eigenvalue weighted by Crippen LogP contribution is 2.35. The maximum atomic E-state index is 11.2. The molecule has 0 N–H and O–H groups in total. The number of nitrogens with zero attached hydrogens (tertiary/aromatic N) is 3. The monoisotopic (exact) mass is 337 g/mol. The van der Waals surface area contributed by atoms with Gasteiger partial charge in [0.25, 0.3) is 5.69 Å². The van der Waals surface area contributed by atoms with E-state index in [4.69, 9.17) is 0 Å². The zero-order chi connectivity index (χ0) is 16.5. The van der Waals surface area contributed by atoms with Gasteiger partial charge in [0.15, 0.2) is 0 Å². The summed E-state index contributed by atoms with van der Waals surface area (Å²) in [5, 5.41) is 14.8. The molecule has 1 aliphatic rings. The van der Waals surface area contributed by atoms with Gasteiger partial charge >= 0.3 is 0 Å². The van der Waals surface area contributed by atoms with Crippen molar-refractivity contribution in [2.75, 3.05) is 18.0 Å². The topological polar surface area (TPSA) is 59.3 Å². The van der Waals surface area contributed by atoms with Crippen LogP contribution in [0.15, 0.2) is 54.2 Å². The molecule has 0 saturated heterocycles. The smallest absolute Gasteiger partial charge is 0.278 e. The fourth-order valence-electron chi connectivity index (χ4n) is 3.17. The third kappa shape index (κ3) is 2.55. The molecule has 5 nitrogen and oxygen atoms in total. The summed E-state index contributed by atoms with van der Waals surface area (Å²) in [6, 6.07) is 9.52. The SMILES string of the molecule is O=[N+]([O-])c1ccc(N2CC=C(c3cccs3)CC2)c2ccncc12. The Bertz CT molecular complexity index is 935. The van der Waals surface area contributed by atoms with Crippen molar-refractivity contribution in [2.45, 2.75) is 6.42 Å². The van der Waals surface area contributed by atoms with Gasteiger partial charge in [0.2, 0.25) is 0 Å². The van der Waals surface area contributed by atoms with Gasteiger partial charge in [-0.1, -0.05) is 12.1 Å². The molecule has 0 saturated carbocycles. The van der Waals surface area contributed by atoms with E-state index in [1.54, 1.807) is 29.8 Å². The first-order valence-electron chi connectivity index (χ1n) is 7.73. The molecule has 0 atom stereocenters. The second-order valence-electron chi connectivity index (χ2n) is 5.68. The maximum absolute atomic E-state index is 11.2. The molecule has 1 aromatic carbocycles. The standard InChI is InChI=1S/C18H15N3O2S/c22-21(23)17-4-3-16(14-5-8-19-12-15(14)17)20-9-6-13(7-10-20)18-2-1-11-24-18/h1-6,8,11-12H,7,9-10H2. The number of aromatic nitrogens is 1. The third-order valence-electron chi connectivity index (χ3n) is 4.36. The summed E-state index contributed by atoms with van der Waals surface area (Å²) < 4.78 is 0. The van der Waals surface area contributed by atoms with Crippen LogP contribution in [0, 0.1) is 10.1 Å². The van der Waals surface area contributed by atoms with E-state index in [0.717, 1.165) is 30.6 Å². The van der Waals surface area contributed by atoms with E-state index in [9.17, 15) is 10.1 Å². The molecule has 0 radical (unpaired) electrons. The quantitative estimate of drug-likeness (QED) is 0.521. The van der Waals surface area contributed by atoms with Gasteiger partial charge in [-0.3, -0.25) is 15.1 Å². The molecular weight excluding hydrogens is 322 g/mol. The van der Waals surface area contributed by atoms with Crippen LogP contribution in [0.2, 0.25) is 0 Å². The first kappa shape index (κ1) is 14.8. The van der Waals surface area contributed by atoms with Crippen LogP contribution < -0.4 is 4.90 Å². The number of thiophene rings is 1. The van der Waals surface area contributed by atoms with Crippen molar-refractivity contribution in [3.63, 3.8) is 0 Å². The molecule has 0 amide bonds. The number of nitro benzene ring substituents is 1. The molecule has 0 fully saturated rings. The fraction of sp³-hybridized carbons (Fsp3) is 0.167. The fourth-order valence-corrected chi connectivity index (χ4v) is 3.96. The first-order valence-corrected chi connectivity index (χ1v) is 8.61. The van der Waals surface area contributed by atoms with Crippen molar-refractivity contribution in [1.82, 2.24) is 4.98 Å². The number of benzene rings is 1. The second-order valence-corrected chi connectivity index (χ2v) is 6.63. The van der Waals surface area contributed by atoms with Crippen LogP contribution in [-0.2, 0) is 0 Å². The number of fused-ring (bicyclic) bond motifs is 1. The Kier molecular flexibility index (Phi) is 3.74. The molecule has 0 aliphatic carbocycles. The Balaban J connectivity index is 1.71. The highest BCUT2D eigenvalue weighted by molar-refractivity contribution is 7.11. The summed E-state index contributed by atoms with van der Waals surface area (Å²) in [4.78, 5) is 18.5. The molecule has 2 aromatic heterocycles. The normalized spacial score (nSPS) is 14.7. The number of hydrogen-bond donors (Lipinski definition) is 0. The maximum Gasteiger partial charge on any atom is 0.278 e. The molecule has 3 heterocycles. The van der Waals surface area contributed by atoms with Gasteiger partial charge in [-0.25, -0.2) is 0 Å². The lowest BCUT2D eigenvalue weighted by molar-refractivity contribution is -0.383. The zero-order valence-corrected chi connectivity index (χ0v) is 13.7. The van der Waals surface area contributed by atoms with E-state index in [1.807, 2.05) is 12.1 Å². The van der Waals surface area contributed by atoms with Gasteiger partial charge in [0.05, 0.1) is 10.3 Å². The summed E-state index contributed by atoms with van der Waals surface area (Å²) >= 11 is 1.76. The van der Waals surface area contributed by atoms with Gasteiger partial charge < -0.3 is 4.90 Å². The Labute approximate surface area is 143 Å². The Hall–Kier alpha value is -2.73. The molecule has 0 bridgehead atoms. The lowest BCUT2D eigenvalue weighted by Gasteiger charge is -2.29. The van der Waals surface area contributed by atoms with Crippen molar-refractivity contribution in [3.05, 3.63) is 69.2 Å². The summed E-state index contributed by atoms with van der Waals surface area (Å²) in [5.74, 6) is 0. The summed E-state index contributed by atoms with van der Waals surface area (Å²) in [6.07, 6.45) is 6.49. The van der Waals surface area contributed by atoms with Gasteiger partial charge in [-0.2, -0.15) is 0 Å². The molecule has 4 rings (SSSR count). The minimum Gasteiger partial charge on any atom is -0.367 e. The van der Waals surface area contributed by atoms with Gasteiger partial charge in [-0.15, -0.1) is 11.3 Å². The number of nitro groups is 1. The van der Waals surface area contributed by atoms with Gasteiger partial charge in [0, 0.05) is 47.5 Å². The number of hydrogen-bond acceptors (Lipinski definition) is 5. The van der Waals surface area contributed by atoms with Crippen molar-refractivity contribution in [3.8, 4) is 0 Å². The number of anilines is 1. The summed E-state index contributed by atoms with van der Waals surface area (Å²) in [6.45, 7) is 1.71. The molecule has 0 spiro atoms. The predicted molar refractivity (Wildman–Crippen MR) is 97.5 cm³/mol. The lowest BCUT2D eigenvalue weighted by atomic mass is 10.0. The van der Waals surface area contributed by atoms with E-state index in [1.165, 1.54) is 10.5 Å². The van der Waals surface area contributed by atoms with Crippen LogP contribution in [-0.4, -0.2) is 23.0 Å². The minimum absolute atomic E-state index is 0.105. The van der Waals surface area contributed by atoms with Crippen LogP contribution in [0.1, 0.15) is 11.3 Å². The van der Waals surface area contributed by atoms with Crippen molar-refractivity contribution < 1.29 is 4.92 Å². The molecule has 0 unspecified atom stereocenters. The van der Waals surface area contributed by atoms with E-state index in [-0.39, 0.29) is 10.6 Å². The van der Waals surface area contributed by atoms with Gasteiger partial charge in [-0.05, 0) is 35.6 Å². The highest BCUT2D eigenvalue weighted by Gasteiger charge is 2.19. The Morgan fingerprint density at radius 2 is 2.12 bits per heavy atom. The van der Waals surface area contributed by atoms with Crippen LogP contribution in [0.4, 0.5) is 11.4 Å². The predicted octanol–water partition coefficient (Wildman–Crippen LogP) is 4.50. The molecule has 3 aromatic rings. The minimum atomic E-state index is -0.348. The van der Waals surface area contributed by atoms with Crippen LogP contribution in [0.25, 0.3) is 16.3 Å².